The van der Waals surface area contributed by atoms with Crippen LogP contribution in [0.4, 0.5) is 5.69 Å². The molecule has 1 N–H and O–H groups in total. The number of aliphatic hydroxyl groups is 1. The summed E-state index contributed by atoms with van der Waals surface area (Å²) in [7, 11) is 0. The molecule has 2 aromatic rings. The third kappa shape index (κ3) is 2.18. The third-order valence-electron chi connectivity index (χ3n) is 3.90. The first kappa shape index (κ1) is 13.1. The maximum atomic E-state index is 12.5. The van der Waals surface area contributed by atoms with Crippen molar-refractivity contribution in [2.45, 2.75) is 32.3 Å². The molecule has 1 aliphatic heterocycles. The molecule has 3 heteroatoms. The summed E-state index contributed by atoms with van der Waals surface area (Å²) in [6.07, 6.45) is 2.39. The summed E-state index contributed by atoms with van der Waals surface area (Å²) in [6.45, 7) is 2.52. The zero-order valence-corrected chi connectivity index (χ0v) is 11.7. The number of rotatable bonds is 5. The summed E-state index contributed by atoms with van der Waals surface area (Å²) in [4.78, 5) is 14.4. The molecule has 0 saturated heterocycles. The van der Waals surface area contributed by atoms with Crippen LogP contribution >= 0.6 is 0 Å². The van der Waals surface area contributed by atoms with Gasteiger partial charge in [-0.1, -0.05) is 24.3 Å². The van der Waals surface area contributed by atoms with Crippen LogP contribution in [0.1, 0.15) is 36.5 Å². The fourth-order valence-corrected chi connectivity index (χ4v) is 2.91. The zero-order valence-electron chi connectivity index (χ0n) is 11.7. The number of carbonyl (C=O) groups is 1. The molecular formula is C17H19NO2. The van der Waals surface area contributed by atoms with Crippen molar-refractivity contribution < 1.29 is 9.90 Å². The van der Waals surface area contributed by atoms with E-state index in [1.807, 2.05) is 41.3 Å². The van der Waals surface area contributed by atoms with E-state index in [9.17, 15) is 9.90 Å². The van der Waals surface area contributed by atoms with Crippen molar-refractivity contribution in [2.75, 3.05) is 11.4 Å². The molecule has 0 aromatic heterocycles. The summed E-state index contributed by atoms with van der Waals surface area (Å²) in [5.74, 6) is 0.105. The lowest BCUT2D eigenvalue weighted by Crippen LogP contribution is -2.27. The minimum absolute atomic E-state index is 0.105. The first-order valence-corrected chi connectivity index (χ1v) is 7.20. The second kappa shape index (κ2) is 5.25. The van der Waals surface area contributed by atoms with Crippen LogP contribution in [0.25, 0.3) is 10.8 Å². The second-order valence-electron chi connectivity index (χ2n) is 5.48. The Kier molecular flexibility index (Phi) is 3.45. The molecule has 3 nitrogen and oxygen atoms in total. The van der Waals surface area contributed by atoms with E-state index in [-0.39, 0.29) is 12.0 Å². The number of amides is 1. The monoisotopic (exact) mass is 269 g/mol. The van der Waals surface area contributed by atoms with Crippen molar-refractivity contribution in [2.24, 2.45) is 0 Å². The third-order valence-corrected chi connectivity index (χ3v) is 3.90. The van der Waals surface area contributed by atoms with E-state index in [1.54, 1.807) is 6.92 Å². The molecule has 1 aliphatic rings. The van der Waals surface area contributed by atoms with E-state index in [1.165, 1.54) is 0 Å². The van der Waals surface area contributed by atoms with Gasteiger partial charge in [-0.3, -0.25) is 4.79 Å². The molecular weight excluding hydrogens is 250 g/mol. The van der Waals surface area contributed by atoms with E-state index < -0.39 is 0 Å². The number of carbonyl (C=O) groups excluding carboxylic acids is 1. The van der Waals surface area contributed by atoms with Gasteiger partial charge in [-0.15, -0.1) is 0 Å². The summed E-state index contributed by atoms with van der Waals surface area (Å²) >= 11 is 0. The Balaban J connectivity index is 1.82. The Bertz CT molecular complexity index is 643. The molecule has 0 radical (unpaired) electrons. The average Bonchev–Trinajstić information content (AvgIpc) is 2.71. The standard InChI is InChI=1S/C17H19NO2/c1-12(19)6-2-3-11-18-15-10-5-8-13-7-4-9-14(16(13)15)17(18)20/h4-5,7-10,12,19H,2-3,6,11H2,1H3. The Morgan fingerprint density at radius 3 is 2.65 bits per heavy atom. The van der Waals surface area contributed by atoms with E-state index >= 15 is 0 Å². The SMILES string of the molecule is CC(O)CCCCN1C(=O)c2cccc3cccc1c23. The van der Waals surface area contributed by atoms with Gasteiger partial charge >= 0.3 is 0 Å². The van der Waals surface area contributed by atoms with Crippen LogP contribution in [0.3, 0.4) is 0 Å². The minimum Gasteiger partial charge on any atom is -0.393 e. The fraction of sp³-hybridized carbons (Fsp3) is 0.353. The van der Waals surface area contributed by atoms with Crippen molar-refractivity contribution in [3.05, 3.63) is 42.0 Å². The van der Waals surface area contributed by atoms with Gasteiger partial charge in [0.25, 0.3) is 5.91 Å². The van der Waals surface area contributed by atoms with Gasteiger partial charge in [0.05, 0.1) is 11.8 Å². The summed E-state index contributed by atoms with van der Waals surface area (Å²) < 4.78 is 0. The number of anilines is 1. The predicted octanol–water partition coefficient (Wildman–Crippen LogP) is 3.35. The molecule has 0 aliphatic carbocycles. The summed E-state index contributed by atoms with van der Waals surface area (Å²) in [5.41, 5.74) is 1.84. The molecule has 104 valence electrons. The number of benzene rings is 2. The Morgan fingerprint density at radius 2 is 1.90 bits per heavy atom. The highest BCUT2D eigenvalue weighted by molar-refractivity contribution is 6.24. The van der Waals surface area contributed by atoms with Gasteiger partial charge in [0.2, 0.25) is 0 Å². The first-order chi connectivity index (χ1) is 9.68. The van der Waals surface area contributed by atoms with E-state index in [0.717, 1.165) is 47.8 Å². The average molecular weight is 269 g/mol. The van der Waals surface area contributed by atoms with Crippen molar-refractivity contribution in [1.29, 1.82) is 0 Å². The molecule has 1 amide bonds. The number of unbranched alkanes of at least 4 members (excludes halogenated alkanes) is 1. The molecule has 20 heavy (non-hydrogen) atoms. The number of nitrogens with zero attached hydrogens (tertiary/aromatic N) is 1. The van der Waals surface area contributed by atoms with Crippen LogP contribution in [0.5, 0.6) is 0 Å². The Hall–Kier alpha value is -1.87. The van der Waals surface area contributed by atoms with Crippen LogP contribution in [-0.4, -0.2) is 23.7 Å². The minimum atomic E-state index is -0.259. The highest BCUT2D eigenvalue weighted by Gasteiger charge is 2.28. The van der Waals surface area contributed by atoms with Crippen molar-refractivity contribution in [3.8, 4) is 0 Å². The van der Waals surface area contributed by atoms with Gasteiger partial charge < -0.3 is 10.0 Å². The van der Waals surface area contributed by atoms with Crippen LogP contribution in [0.15, 0.2) is 36.4 Å². The molecule has 0 bridgehead atoms. The normalized spacial score (nSPS) is 15.1. The lowest BCUT2D eigenvalue weighted by atomic mass is 10.1. The van der Waals surface area contributed by atoms with E-state index in [0.29, 0.717) is 0 Å². The maximum Gasteiger partial charge on any atom is 0.258 e. The smallest absolute Gasteiger partial charge is 0.258 e. The summed E-state index contributed by atoms with van der Waals surface area (Å²) in [5, 5.41) is 11.5. The quantitative estimate of drug-likeness (QED) is 0.846. The van der Waals surface area contributed by atoms with Crippen LogP contribution < -0.4 is 4.90 Å². The van der Waals surface area contributed by atoms with Gasteiger partial charge in [0.1, 0.15) is 0 Å². The molecule has 0 saturated carbocycles. The molecule has 1 unspecified atom stereocenters. The van der Waals surface area contributed by atoms with Gasteiger partial charge in [0, 0.05) is 17.5 Å². The van der Waals surface area contributed by atoms with Gasteiger partial charge in [-0.2, -0.15) is 0 Å². The second-order valence-corrected chi connectivity index (χ2v) is 5.48. The molecule has 3 rings (SSSR count). The zero-order chi connectivity index (χ0) is 14.1. The van der Waals surface area contributed by atoms with E-state index in [2.05, 4.69) is 0 Å². The molecule has 2 aromatic carbocycles. The largest absolute Gasteiger partial charge is 0.393 e. The lowest BCUT2D eigenvalue weighted by Gasteiger charge is -2.17. The topological polar surface area (TPSA) is 40.5 Å². The van der Waals surface area contributed by atoms with Crippen LogP contribution in [0.2, 0.25) is 0 Å². The van der Waals surface area contributed by atoms with Crippen LogP contribution in [-0.2, 0) is 0 Å². The van der Waals surface area contributed by atoms with Crippen molar-refractivity contribution >= 4 is 22.4 Å². The maximum absolute atomic E-state index is 12.5. The van der Waals surface area contributed by atoms with Gasteiger partial charge in [0.15, 0.2) is 0 Å². The van der Waals surface area contributed by atoms with Crippen molar-refractivity contribution in [3.63, 3.8) is 0 Å². The summed E-state index contributed by atoms with van der Waals surface area (Å²) in [6, 6.07) is 12.0. The number of hydrogen-bond acceptors (Lipinski definition) is 2. The fourth-order valence-electron chi connectivity index (χ4n) is 2.91. The Morgan fingerprint density at radius 1 is 1.15 bits per heavy atom. The Labute approximate surface area is 118 Å². The van der Waals surface area contributed by atoms with Gasteiger partial charge in [-0.25, -0.2) is 0 Å². The van der Waals surface area contributed by atoms with E-state index in [4.69, 9.17) is 0 Å². The molecule has 0 fully saturated rings. The highest BCUT2D eigenvalue weighted by atomic mass is 16.3. The number of aliphatic hydroxyl groups excluding tert-OH is 1. The lowest BCUT2D eigenvalue weighted by molar-refractivity contribution is 0.0992. The predicted molar refractivity (Wildman–Crippen MR) is 81.2 cm³/mol. The molecule has 1 atom stereocenters. The molecule has 0 spiro atoms. The molecule has 1 heterocycles. The highest BCUT2D eigenvalue weighted by Crippen LogP contribution is 2.37. The van der Waals surface area contributed by atoms with Gasteiger partial charge in [-0.05, 0) is 43.7 Å². The van der Waals surface area contributed by atoms with Crippen LogP contribution in [0, 0.1) is 0 Å². The first-order valence-electron chi connectivity index (χ1n) is 7.20. The van der Waals surface area contributed by atoms with Crippen molar-refractivity contribution in [1.82, 2.24) is 0 Å². The number of hydrogen-bond donors (Lipinski definition) is 1.